The van der Waals surface area contributed by atoms with Crippen molar-refractivity contribution in [3.05, 3.63) is 33.3 Å². The number of aliphatic hydroxyl groups is 1. The van der Waals surface area contributed by atoms with E-state index < -0.39 is 4.92 Å². The van der Waals surface area contributed by atoms with E-state index in [4.69, 9.17) is 16.7 Å². The van der Waals surface area contributed by atoms with Crippen LogP contribution >= 0.6 is 11.6 Å². The van der Waals surface area contributed by atoms with Gasteiger partial charge in [-0.3, -0.25) is 10.1 Å². The van der Waals surface area contributed by atoms with Gasteiger partial charge in [0.15, 0.2) is 0 Å². The molecule has 0 spiro atoms. The van der Waals surface area contributed by atoms with Crippen LogP contribution in [0.5, 0.6) is 0 Å². The van der Waals surface area contributed by atoms with Crippen LogP contribution in [-0.4, -0.2) is 29.7 Å². The SMILES string of the molecule is O=[N+]([O-])c1ccc(N2CCC(CCO)C2)c(Cl)c1. The fourth-order valence-electron chi connectivity index (χ4n) is 2.34. The first-order valence-corrected chi connectivity index (χ1v) is 6.29. The average molecular weight is 271 g/mol. The number of nitrogens with zero attached hydrogens (tertiary/aromatic N) is 2. The molecule has 1 heterocycles. The van der Waals surface area contributed by atoms with Crippen LogP contribution in [0.25, 0.3) is 0 Å². The number of nitro benzene ring substituents is 1. The minimum Gasteiger partial charge on any atom is -0.396 e. The monoisotopic (exact) mass is 270 g/mol. The van der Waals surface area contributed by atoms with Crippen molar-refractivity contribution in [3.8, 4) is 0 Å². The number of benzene rings is 1. The summed E-state index contributed by atoms with van der Waals surface area (Å²) in [5, 5.41) is 20.0. The van der Waals surface area contributed by atoms with E-state index >= 15 is 0 Å². The molecule has 1 aliphatic heterocycles. The molecule has 5 nitrogen and oxygen atoms in total. The lowest BCUT2D eigenvalue weighted by Gasteiger charge is -2.19. The number of rotatable bonds is 4. The van der Waals surface area contributed by atoms with Crippen LogP contribution in [0.1, 0.15) is 12.8 Å². The maximum atomic E-state index is 10.6. The van der Waals surface area contributed by atoms with Crippen LogP contribution in [0.15, 0.2) is 18.2 Å². The van der Waals surface area contributed by atoms with Crippen LogP contribution in [0.2, 0.25) is 5.02 Å². The summed E-state index contributed by atoms with van der Waals surface area (Å²) < 4.78 is 0. The van der Waals surface area contributed by atoms with E-state index in [1.807, 2.05) is 0 Å². The van der Waals surface area contributed by atoms with Gasteiger partial charge in [0.2, 0.25) is 0 Å². The van der Waals surface area contributed by atoms with Crippen molar-refractivity contribution < 1.29 is 10.0 Å². The molecule has 2 rings (SSSR count). The molecule has 1 N–H and O–H groups in total. The molecule has 1 atom stereocenters. The molecule has 6 heteroatoms. The van der Waals surface area contributed by atoms with Gasteiger partial charge in [0.1, 0.15) is 0 Å². The van der Waals surface area contributed by atoms with Gasteiger partial charge in [-0.1, -0.05) is 11.6 Å². The Bertz CT molecular complexity index is 453. The van der Waals surface area contributed by atoms with Crippen LogP contribution in [0.4, 0.5) is 11.4 Å². The van der Waals surface area contributed by atoms with Gasteiger partial charge in [-0.15, -0.1) is 0 Å². The van der Waals surface area contributed by atoms with Crippen molar-refractivity contribution in [2.75, 3.05) is 24.6 Å². The second-order valence-electron chi connectivity index (χ2n) is 4.51. The largest absolute Gasteiger partial charge is 0.396 e. The molecular formula is C12H15ClN2O3. The second-order valence-corrected chi connectivity index (χ2v) is 4.91. The molecule has 18 heavy (non-hydrogen) atoms. The van der Waals surface area contributed by atoms with E-state index in [1.165, 1.54) is 12.1 Å². The van der Waals surface area contributed by atoms with Crippen LogP contribution < -0.4 is 4.90 Å². The maximum absolute atomic E-state index is 10.6. The topological polar surface area (TPSA) is 66.6 Å². The zero-order valence-electron chi connectivity index (χ0n) is 9.88. The van der Waals surface area contributed by atoms with E-state index in [2.05, 4.69) is 4.90 Å². The number of hydrogen-bond donors (Lipinski definition) is 1. The summed E-state index contributed by atoms with van der Waals surface area (Å²) >= 11 is 6.08. The van der Waals surface area contributed by atoms with Crippen molar-refractivity contribution >= 4 is 23.0 Å². The van der Waals surface area contributed by atoms with Crippen molar-refractivity contribution in [3.63, 3.8) is 0 Å². The van der Waals surface area contributed by atoms with Crippen LogP contribution in [0.3, 0.4) is 0 Å². The van der Waals surface area contributed by atoms with Crippen LogP contribution in [0, 0.1) is 16.0 Å². The van der Waals surface area contributed by atoms with Gasteiger partial charge >= 0.3 is 0 Å². The number of nitro groups is 1. The van der Waals surface area contributed by atoms with Gasteiger partial charge < -0.3 is 10.0 Å². The van der Waals surface area contributed by atoms with Crippen molar-refractivity contribution in [2.24, 2.45) is 5.92 Å². The Morgan fingerprint density at radius 2 is 2.33 bits per heavy atom. The molecule has 0 saturated carbocycles. The summed E-state index contributed by atoms with van der Waals surface area (Å²) in [6, 6.07) is 4.55. The molecule has 0 radical (unpaired) electrons. The Balaban J connectivity index is 2.12. The fraction of sp³-hybridized carbons (Fsp3) is 0.500. The Labute approximate surface area is 110 Å². The molecule has 98 valence electrons. The standard InChI is InChI=1S/C12H15ClN2O3/c13-11-7-10(15(17)18)1-2-12(11)14-5-3-9(8-14)4-6-16/h1-2,7,9,16H,3-6,8H2. The molecule has 0 aliphatic carbocycles. The zero-order valence-corrected chi connectivity index (χ0v) is 10.6. The third-order valence-corrected chi connectivity index (χ3v) is 3.61. The highest BCUT2D eigenvalue weighted by atomic mass is 35.5. The van der Waals surface area contributed by atoms with Gasteiger partial charge in [0.25, 0.3) is 5.69 Å². The number of hydrogen-bond acceptors (Lipinski definition) is 4. The molecular weight excluding hydrogens is 256 g/mol. The second kappa shape index (κ2) is 5.54. The number of halogens is 1. The predicted octanol–water partition coefficient (Wildman–Crippen LogP) is 2.46. The highest BCUT2D eigenvalue weighted by Gasteiger charge is 2.24. The summed E-state index contributed by atoms with van der Waals surface area (Å²) in [7, 11) is 0. The number of non-ortho nitro benzene ring substituents is 1. The van der Waals surface area contributed by atoms with Crippen molar-refractivity contribution in [2.45, 2.75) is 12.8 Å². The first-order valence-electron chi connectivity index (χ1n) is 5.91. The van der Waals surface area contributed by atoms with E-state index in [9.17, 15) is 10.1 Å². The first-order chi connectivity index (χ1) is 8.61. The molecule has 1 aliphatic rings. The van der Waals surface area contributed by atoms with E-state index in [0.717, 1.165) is 31.6 Å². The van der Waals surface area contributed by atoms with Crippen LogP contribution in [-0.2, 0) is 0 Å². The van der Waals surface area contributed by atoms with Gasteiger partial charge in [0, 0.05) is 31.8 Å². The Morgan fingerprint density at radius 3 is 2.94 bits per heavy atom. The maximum Gasteiger partial charge on any atom is 0.271 e. The highest BCUT2D eigenvalue weighted by Crippen LogP contribution is 2.33. The summed E-state index contributed by atoms with van der Waals surface area (Å²) in [5.74, 6) is 0.473. The van der Waals surface area contributed by atoms with Gasteiger partial charge in [-0.2, -0.15) is 0 Å². The van der Waals surface area contributed by atoms with Gasteiger partial charge in [-0.05, 0) is 24.8 Å². The van der Waals surface area contributed by atoms with E-state index in [0.29, 0.717) is 10.9 Å². The lowest BCUT2D eigenvalue weighted by atomic mass is 10.1. The number of aliphatic hydroxyl groups excluding tert-OH is 1. The Kier molecular flexibility index (Phi) is 4.04. The number of anilines is 1. The average Bonchev–Trinajstić information content (AvgIpc) is 2.77. The normalized spacial score (nSPS) is 19.2. The zero-order chi connectivity index (χ0) is 13.1. The minimum absolute atomic E-state index is 0.00913. The highest BCUT2D eigenvalue weighted by molar-refractivity contribution is 6.33. The lowest BCUT2D eigenvalue weighted by Crippen LogP contribution is -2.20. The smallest absolute Gasteiger partial charge is 0.271 e. The minimum atomic E-state index is -0.450. The predicted molar refractivity (Wildman–Crippen MR) is 70.1 cm³/mol. The summed E-state index contributed by atoms with van der Waals surface area (Å²) in [6.45, 7) is 1.92. The molecule has 0 amide bonds. The van der Waals surface area contributed by atoms with Gasteiger partial charge in [-0.25, -0.2) is 0 Å². The van der Waals surface area contributed by atoms with E-state index in [-0.39, 0.29) is 12.3 Å². The van der Waals surface area contributed by atoms with Crippen molar-refractivity contribution in [1.82, 2.24) is 0 Å². The molecule has 0 aromatic heterocycles. The molecule has 1 saturated heterocycles. The van der Waals surface area contributed by atoms with E-state index in [1.54, 1.807) is 6.07 Å². The third kappa shape index (κ3) is 2.73. The summed E-state index contributed by atoms with van der Waals surface area (Å²) in [6.07, 6.45) is 1.81. The summed E-state index contributed by atoms with van der Waals surface area (Å²) in [5.41, 5.74) is 0.845. The molecule has 1 aromatic rings. The molecule has 1 unspecified atom stereocenters. The van der Waals surface area contributed by atoms with Gasteiger partial charge in [0.05, 0.1) is 15.6 Å². The Morgan fingerprint density at radius 1 is 1.56 bits per heavy atom. The van der Waals surface area contributed by atoms with Crippen molar-refractivity contribution in [1.29, 1.82) is 0 Å². The molecule has 1 fully saturated rings. The summed E-state index contributed by atoms with van der Waals surface area (Å²) in [4.78, 5) is 12.3. The molecule has 0 bridgehead atoms. The molecule has 1 aromatic carbocycles. The Hall–Kier alpha value is -1.33. The quantitative estimate of drug-likeness (QED) is 0.674. The first kappa shape index (κ1) is 13.1. The third-order valence-electron chi connectivity index (χ3n) is 3.31. The lowest BCUT2D eigenvalue weighted by molar-refractivity contribution is -0.384. The fourth-order valence-corrected chi connectivity index (χ4v) is 2.63.